The molecule has 2 aromatic carbocycles. The van der Waals surface area contributed by atoms with Gasteiger partial charge < -0.3 is 19.3 Å². The Morgan fingerprint density at radius 2 is 1.96 bits per heavy atom. The molecule has 0 bridgehead atoms. The molecular formula is C19H20ClNO5S. The van der Waals surface area contributed by atoms with Gasteiger partial charge in [0.25, 0.3) is 0 Å². The van der Waals surface area contributed by atoms with Crippen LogP contribution in [0.25, 0.3) is 0 Å². The fourth-order valence-corrected chi connectivity index (χ4v) is 4.09. The van der Waals surface area contributed by atoms with E-state index in [1.807, 2.05) is 24.3 Å². The van der Waals surface area contributed by atoms with Gasteiger partial charge in [0, 0.05) is 17.4 Å². The Morgan fingerprint density at radius 3 is 2.63 bits per heavy atom. The number of rotatable bonds is 8. The zero-order valence-corrected chi connectivity index (χ0v) is 16.3. The maximum Gasteiger partial charge on any atom is 0.321 e. The molecule has 27 heavy (non-hydrogen) atoms. The molecule has 1 saturated heterocycles. The number of carboxylic acid groups (broad SMARTS) is 1. The Kier molecular flexibility index (Phi) is 6.71. The number of nitrogens with one attached hydrogen (secondary N) is 1. The molecule has 1 aliphatic heterocycles. The molecule has 2 unspecified atom stereocenters. The molecule has 3 rings (SSSR count). The van der Waals surface area contributed by atoms with Crippen LogP contribution in [-0.2, 0) is 4.79 Å². The molecule has 0 aliphatic carbocycles. The molecule has 2 aromatic rings. The monoisotopic (exact) mass is 409 g/mol. The van der Waals surface area contributed by atoms with Crippen LogP contribution >= 0.6 is 23.4 Å². The van der Waals surface area contributed by atoms with Crippen molar-refractivity contribution in [3.8, 4) is 17.2 Å². The van der Waals surface area contributed by atoms with E-state index < -0.39 is 12.0 Å². The van der Waals surface area contributed by atoms with E-state index in [0.717, 1.165) is 5.56 Å². The molecule has 1 heterocycles. The van der Waals surface area contributed by atoms with E-state index in [-0.39, 0.29) is 5.37 Å². The van der Waals surface area contributed by atoms with Crippen molar-refractivity contribution in [3.05, 3.63) is 53.1 Å². The minimum Gasteiger partial charge on any atom is -0.497 e. The van der Waals surface area contributed by atoms with Crippen molar-refractivity contribution in [2.75, 3.05) is 26.1 Å². The summed E-state index contributed by atoms with van der Waals surface area (Å²) in [6.45, 7) is 0.633. The molecule has 6 nitrogen and oxygen atoms in total. The number of thioether (sulfide) groups is 1. The standard InChI is InChI=1S/C19H20ClNO5S/c1-24-12-6-7-13(18-21-15(11-27-18)19(22)23)17(10-12)26-9-8-25-16-5-3-2-4-14(16)20/h2-7,10,15,18,21H,8-9,11H2,1H3,(H,22,23). The van der Waals surface area contributed by atoms with E-state index in [9.17, 15) is 9.90 Å². The Labute approximate surface area is 166 Å². The van der Waals surface area contributed by atoms with Gasteiger partial charge in [0.15, 0.2) is 0 Å². The number of carboxylic acids is 1. The van der Waals surface area contributed by atoms with E-state index >= 15 is 0 Å². The molecule has 8 heteroatoms. The second-order valence-corrected chi connectivity index (χ2v) is 7.35. The number of ether oxygens (including phenoxy) is 3. The molecule has 144 valence electrons. The van der Waals surface area contributed by atoms with Crippen LogP contribution in [0.5, 0.6) is 17.2 Å². The number of hydrogen-bond donors (Lipinski definition) is 2. The lowest BCUT2D eigenvalue weighted by Crippen LogP contribution is -2.33. The molecule has 0 radical (unpaired) electrons. The zero-order valence-electron chi connectivity index (χ0n) is 14.7. The summed E-state index contributed by atoms with van der Waals surface area (Å²) in [5, 5.41) is 12.7. The Hall–Kier alpha value is -2.09. The van der Waals surface area contributed by atoms with Crippen LogP contribution in [0.3, 0.4) is 0 Å². The lowest BCUT2D eigenvalue weighted by atomic mass is 10.1. The Balaban J connectivity index is 1.64. The first-order chi connectivity index (χ1) is 13.1. The predicted octanol–water partition coefficient (Wildman–Crippen LogP) is 3.59. The lowest BCUT2D eigenvalue weighted by molar-refractivity contribution is -0.138. The lowest BCUT2D eigenvalue weighted by Gasteiger charge is -2.18. The van der Waals surface area contributed by atoms with E-state index in [0.29, 0.717) is 41.2 Å². The van der Waals surface area contributed by atoms with Crippen LogP contribution in [0.2, 0.25) is 5.02 Å². The van der Waals surface area contributed by atoms with Crippen LogP contribution < -0.4 is 19.5 Å². The number of aliphatic carboxylic acids is 1. The summed E-state index contributed by atoms with van der Waals surface area (Å²) in [6, 6.07) is 12.2. The average molecular weight is 410 g/mol. The first-order valence-electron chi connectivity index (χ1n) is 8.37. The predicted molar refractivity (Wildman–Crippen MR) is 105 cm³/mol. The topological polar surface area (TPSA) is 77.0 Å². The highest BCUT2D eigenvalue weighted by Crippen LogP contribution is 2.39. The fraction of sp³-hybridized carbons (Fsp3) is 0.316. The molecule has 1 aliphatic rings. The van der Waals surface area contributed by atoms with E-state index in [1.54, 1.807) is 25.3 Å². The molecule has 2 atom stereocenters. The van der Waals surface area contributed by atoms with Crippen LogP contribution in [-0.4, -0.2) is 43.2 Å². The summed E-state index contributed by atoms with van der Waals surface area (Å²) in [4.78, 5) is 11.2. The van der Waals surface area contributed by atoms with Crippen molar-refractivity contribution in [1.82, 2.24) is 5.32 Å². The van der Waals surface area contributed by atoms with Crippen LogP contribution in [0.4, 0.5) is 0 Å². The van der Waals surface area contributed by atoms with Gasteiger partial charge in [-0.15, -0.1) is 11.8 Å². The number of benzene rings is 2. The van der Waals surface area contributed by atoms with E-state index in [2.05, 4.69) is 5.32 Å². The van der Waals surface area contributed by atoms with Gasteiger partial charge in [-0.2, -0.15) is 0 Å². The summed E-state index contributed by atoms with van der Waals surface area (Å²) in [5.41, 5.74) is 0.877. The Bertz CT molecular complexity index is 803. The summed E-state index contributed by atoms with van der Waals surface area (Å²) in [6.07, 6.45) is 0. The van der Waals surface area contributed by atoms with Crippen LogP contribution in [0, 0.1) is 0 Å². The SMILES string of the molecule is COc1ccc(C2NC(C(=O)O)CS2)c(OCCOc2ccccc2Cl)c1. The fourth-order valence-electron chi connectivity index (χ4n) is 2.64. The van der Waals surface area contributed by atoms with Crippen molar-refractivity contribution in [2.45, 2.75) is 11.4 Å². The molecule has 0 spiro atoms. The van der Waals surface area contributed by atoms with Crippen molar-refractivity contribution < 1.29 is 24.1 Å². The number of hydrogen-bond acceptors (Lipinski definition) is 6. The van der Waals surface area contributed by atoms with Gasteiger partial charge >= 0.3 is 5.97 Å². The van der Waals surface area contributed by atoms with Gasteiger partial charge in [0.1, 0.15) is 36.5 Å². The second-order valence-electron chi connectivity index (χ2n) is 5.80. The van der Waals surface area contributed by atoms with Crippen molar-refractivity contribution in [3.63, 3.8) is 0 Å². The quantitative estimate of drug-likeness (QED) is 0.645. The summed E-state index contributed by atoms with van der Waals surface area (Å²) < 4.78 is 16.8. The van der Waals surface area contributed by atoms with E-state index in [4.69, 9.17) is 25.8 Å². The van der Waals surface area contributed by atoms with Crippen LogP contribution in [0.1, 0.15) is 10.9 Å². The largest absolute Gasteiger partial charge is 0.497 e. The maximum absolute atomic E-state index is 11.2. The molecule has 0 amide bonds. The molecular weight excluding hydrogens is 390 g/mol. The third-order valence-corrected chi connectivity index (χ3v) is 5.58. The number of carbonyl (C=O) groups is 1. The summed E-state index contributed by atoms with van der Waals surface area (Å²) in [7, 11) is 1.59. The maximum atomic E-state index is 11.2. The van der Waals surface area contributed by atoms with Crippen molar-refractivity contribution >= 4 is 29.3 Å². The molecule has 0 saturated carbocycles. The first kappa shape index (κ1) is 19.7. The molecule has 2 N–H and O–H groups in total. The normalized spacial score (nSPS) is 18.9. The number of halogens is 1. The average Bonchev–Trinajstić information content (AvgIpc) is 3.16. The van der Waals surface area contributed by atoms with Crippen molar-refractivity contribution in [1.29, 1.82) is 0 Å². The van der Waals surface area contributed by atoms with Gasteiger partial charge in [-0.1, -0.05) is 23.7 Å². The van der Waals surface area contributed by atoms with Crippen LogP contribution in [0.15, 0.2) is 42.5 Å². The minimum atomic E-state index is -0.853. The summed E-state index contributed by atoms with van der Waals surface area (Å²) in [5.74, 6) is 1.55. The molecule has 1 fully saturated rings. The third-order valence-electron chi connectivity index (χ3n) is 4.02. The number of para-hydroxylation sites is 1. The third kappa shape index (κ3) is 5.00. The van der Waals surface area contributed by atoms with E-state index in [1.165, 1.54) is 11.8 Å². The van der Waals surface area contributed by atoms with Gasteiger partial charge in [-0.3, -0.25) is 10.1 Å². The highest BCUT2D eigenvalue weighted by Gasteiger charge is 2.32. The first-order valence-corrected chi connectivity index (χ1v) is 9.79. The Morgan fingerprint density at radius 1 is 1.22 bits per heavy atom. The minimum absolute atomic E-state index is 0.156. The molecule has 0 aromatic heterocycles. The second kappa shape index (κ2) is 9.21. The summed E-state index contributed by atoms with van der Waals surface area (Å²) >= 11 is 7.61. The highest BCUT2D eigenvalue weighted by molar-refractivity contribution is 7.99. The number of methoxy groups -OCH3 is 1. The van der Waals surface area contributed by atoms with Crippen molar-refractivity contribution in [2.24, 2.45) is 0 Å². The van der Waals surface area contributed by atoms with Gasteiger partial charge in [-0.25, -0.2) is 0 Å². The van der Waals surface area contributed by atoms with Gasteiger partial charge in [0.05, 0.1) is 17.5 Å². The highest BCUT2D eigenvalue weighted by atomic mass is 35.5. The smallest absolute Gasteiger partial charge is 0.321 e. The van der Waals surface area contributed by atoms with Gasteiger partial charge in [-0.05, 0) is 24.3 Å². The zero-order chi connectivity index (χ0) is 19.2. The van der Waals surface area contributed by atoms with Gasteiger partial charge in [0.2, 0.25) is 0 Å².